The molecule has 0 bridgehead atoms. The Hall–Kier alpha value is -3.33. The van der Waals surface area contributed by atoms with Crippen LogP contribution in [0.4, 0.5) is 0 Å². The van der Waals surface area contributed by atoms with Gasteiger partial charge in [0.15, 0.2) is 5.78 Å². The van der Waals surface area contributed by atoms with Crippen molar-refractivity contribution >= 4 is 5.78 Å². The van der Waals surface area contributed by atoms with Crippen LogP contribution < -0.4 is 5.73 Å². The molecule has 1 atom stereocenters. The van der Waals surface area contributed by atoms with Crippen LogP contribution in [0.5, 0.6) is 0 Å². The second kappa shape index (κ2) is 6.13. The molecule has 0 amide bonds. The van der Waals surface area contributed by atoms with E-state index in [9.17, 15) is 10.1 Å². The largest absolute Gasteiger partial charge is 0.444 e. The molecule has 2 heterocycles. The Morgan fingerprint density at radius 3 is 2.70 bits per heavy atom. The number of rotatable bonds is 2. The van der Waals surface area contributed by atoms with Gasteiger partial charge in [0.1, 0.15) is 17.4 Å². The zero-order valence-corrected chi connectivity index (χ0v) is 15.3. The summed E-state index contributed by atoms with van der Waals surface area (Å²) >= 11 is 0. The number of nitrogens with zero attached hydrogens (tertiary/aromatic N) is 3. The summed E-state index contributed by atoms with van der Waals surface area (Å²) < 4.78 is 7.49. The number of benzene rings is 1. The summed E-state index contributed by atoms with van der Waals surface area (Å²) in [5.41, 5.74) is 8.23. The van der Waals surface area contributed by atoms with Crippen LogP contribution in [0.1, 0.15) is 38.3 Å². The Morgan fingerprint density at radius 2 is 2.00 bits per heavy atom. The molecule has 0 fully saturated rings. The van der Waals surface area contributed by atoms with Crippen LogP contribution in [-0.4, -0.2) is 15.6 Å². The molecule has 136 valence electrons. The molecule has 2 aliphatic rings. The number of hydrogen-bond donors (Lipinski definition) is 1. The first kappa shape index (κ1) is 17.1. The lowest BCUT2D eigenvalue weighted by Crippen LogP contribution is -2.34. The predicted molar refractivity (Wildman–Crippen MR) is 99.3 cm³/mol. The maximum Gasteiger partial charge on any atom is 0.205 e. The van der Waals surface area contributed by atoms with Gasteiger partial charge in [0.05, 0.1) is 17.3 Å². The van der Waals surface area contributed by atoms with Crippen molar-refractivity contribution in [2.45, 2.75) is 32.6 Å². The van der Waals surface area contributed by atoms with Crippen molar-refractivity contribution in [1.29, 1.82) is 5.26 Å². The standard InChI is InChI=1S/C21H20N4O2/c1-21(2)10-16(26)19-17(11-21)27-20(23)14(12-22)18(19)15-8-9-24-25(15)13-6-4-3-5-7-13/h3-9,18H,10-11,23H2,1-2H3/t18-/m1/s1. The highest BCUT2D eigenvalue weighted by molar-refractivity contribution is 6.00. The monoisotopic (exact) mass is 360 g/mol. The Labute approximate surface area is 157 Å². The van der Waals surface area contributed by atoms with Gasteiger partial charge in [-0.05, 0) is 23.6 Å². The van der Waals surface area contributed by atoms with Gasteiger partial charge in [-0.25, -0.2) is 4.68 Å². The van der Waals surface area contributed by atoms with E-state index in [1.807, 2.05) is 50.2 Å². The number of carbonyl (C=O) groups is 1. The van der Waals surface area contributed by atoms with Crippen molar-refractivity contribution in [2.24, 2.45) is 11.1 Å². The number of aromatic nitrogens is 2. The number of nitriles is 1. The van der Waals surface area contributed by atoms with Gasteiger partial charge in [-0.2, -0.15) is 10.4 Å². The second-order valence-corrected chi connectivity index (χ2v) is 7.71. The van der Waals surface area contributed by atoms with Crippen molar-refractivity contribution in [1.82, 2.24) is 9.78 Å². The predicted octanol–water partition coefficient (Wildman–Crippen LogP) is 3.32. The minimum absolute atomic E-state index is 0.00712. The lowest BCUT2D eigenvalue weighted by atomic mass is 9.71. The summed E-state index contributed by atoms with van der Waals surface area (Å²) in [5.74, 6) is 0.0449. The number of ketones is 1. The van der Waals surface area contributed by atoms with Gasteiger partial charge in [0, 0.05) is 24.6 Å². The summed E-state index contributed by atoms with van der Waals surface area (Å²) in [6.07, 6.45) is 2.67. The van der Waals surface area contributed by atoms with E-state index in [1.165, 1.54) is 0 Å². The maximum atomic E-state index is 13.0. The Morgan fingerprint density at radius 1 is 1.26 bits per heavy atom. The van der Waals surface area contributed by atoms with Gasteiger partial charge in [0.25, 0.3) is 0 Å². The second-order valence-electron chi connectivity index (χ2n) is 7.71. The maximum absolute atomic E-state index is 13.0. The lowest BCUT2D eigenvalue weighted by Gasteiger charge is -2.37. The first-order valence-corrected chi connectivity index (χ1v) is 8.84. The van der Waals surface area contributed by atoms with Crippen LogP contribution in [0.2, 0.25) is 0 Å². The molecule has 1 aromatic carbocycles. The summed E-state index contributed by atoms with van der Waals surface area (Å²) in [7, 11) is 0. The fraction of sp³-hybridized carbons (Fsp3) is 0.286. The van der Waals surface area contributed by atoms with E-state index in [0.29, 0.717) is 24.2 Å². The molecule has 1 aliphatic heterocycles. The van der Waals surface area contributed by atoms with Gasteiger partial charge in [0.2, 0.25) is 5.88 Å². The molecule has 0 saturated heterocycles. The van der Waals surface area contributed by atoms with E-state index >= 15 is 0 Å². The quantitative estimate of drug-likeness (QED) is 0.886. The normalized spacial score (nSPS) is 21.5. The molecule has 0 unspecified atom stereocenters. The molecule has 0 saturated carbocycles. The first-order chi connectivity index (χ1) is 12.9. The third kappa shape index (κ3) is 2.81. The number of Topliss-reactive ketones (excluding diaryl/α,β-unsaturated/α-hetero) is 1. The summed E-state index contributed by atoms with van der Waals surface area (Å²) in [4.78, 5) is 13.0. The third-order valence-corrected chi connectivity index (χ3v) is 5.04. The zero-order chi connectivity index (χ0) is 19.2. The minimum Gasteiger partial charge on any atom is -0.444 e. The molecular formula is C21H20N4O2. The van der Waals surface area contributed by atoms with E-state index in [2.05, 4.69) is 11.2 Å². The van der Waals surface area contributed by atoms with Gasteiger partial charge >= 0.3 is 0 Å². The molecule has 1 aromatic heterocycles. The van der Waals surface area contributed by atoms with E-state index < -0.39 is 5.92 Å². The van der Waals surface area contributed by atoms with E-state index in [0.717, 1.165) is 11.4 Å². The van der Waals surface area contributed by atoms with Crippen LogP contribution in [0, 0.1) is 16.7 Å². The van der Waals surface area contributed by atoms with E-state index in [4.69, 9.17) is 10.5 Å². The van der Waals surface area contributed by atoms with Crippen molar-refractivity contribution in [3.63, 3.8) is 0 Å². The average Bonchev–Trinajstić information content (AvgIpc) is 3.09. The number of nitrogens with two attached hydrogens (primary N) is 1. The number of hydrogen-bond acceptors (Lipinski definition) is 5. The average molecular weight is 360 g/mol. The Bertz CT molecular complexity index is 1020. The third-order valence-electron chi connectivity index (χ3n) is 5.04. The number of carbonyl (C=O) groups excluding carboxylic acids is 1. The van der Waals surface area contributed by atoms with Crippen molar-refractivity contribution in [3.8, 4) is 11.8 Å². The molecule has 2 N–H and O–H groups in total. The molecule has 27 heavy (non-hydrogen) atoms. The molecule has 2 aromatic rings. The smallest absolute Gasteiger partial charge is 0.205 e. The highest BCUT2D eigenvalue weighted by atomic mass is 16.5. The topological polar surface area (TPSA) is 93.9 Å². The lowest BCUT2D eigenvalue weighted by molar-refractivity contribution is -0.119. The molecule has 0 spiro atoms. The molecule has 1 aliphatic carbocycles. The van der Waals surface area contributed by atoms with Crippen molar-refractivity contribution < 1.29 is 9.53 Å². The Kier molecular flexibility index (Phi) is 3.88. The zero-order valence-electron chi connectivity index (χ0n) is 15.3. The highest BCUT2D eigenvalue weighted by Crippen LogP contribution is 2.47. The number of para-hydroxylation sites is 1. The molecule has 4 rings (SSSR count). The summed E-state index contributed by atoms with van der Waals surface area (Å²) in [5, 5.41) is 14.2. The fourth-order valence-corrected chi connectivity index (χ4v) is 3.90. The van der Waals surface area contributed by atoms with E-state index in [-0.39, 0.29) is 22.7 Å². The van der Waals surface area contributed by atoms with Gasteiger partial charge in [-0.15, -0.1) is 0 Å². The molecule has 0 radical (unpaired) electrons. The van der Waals surface area contributed by atoms with Gasteiger partial charge in [-0.3, -0.25) is 4.79 Å². The Balaban J connectivity index is 1.91. The van der Waals surface area contributed by atoms with Crippen molar-refractivity contribution in [2.75, 3.05) is 0 Å². The van der Waals surface area contributed by atoms with Crippen molar-refractivity contribution in [3.05, 3.63) is 71.1 Å². The fourth-order valence-electron chi connectivity index (χ4n) is 3.90. The van der Waals surface area contributed by atoms with Crippen LogP contribution in [0.25, 0.3) is 5.69 Å². The number of allylic oxidation sites excluding steroid dienone is 3. The van der Waals surface area contributed by atoms with Crippen LogP contribution in [0.15, 0.2) is 65.4 Å². The van der Waals surface area contributed by atoms with Crippen LogP contribution >= 0.6 is 0 Å². The SMILES string of the molecule is CC1(C)CC(=O)C2=C(C1)OC(N)=C(C#N)[C@@H]2c1ccnn1-c1ccccc1. The van der Waals surface area contributed by atoms with Gasteiger partial charge in [-0.1, -0.05) is 32.0 Å². The molecular weight excluding hydrogens is 340 g/mol. The summed E-state index contributed by atoms with van der Waals surface area (Å²) in [6, 6.07) is 13.6. The van der Waals surface area contributed by atoms with E-state index in [1.54, 1.807) is 10.9 Å². The molecule has 6 nitrogen and oxygen atoms in total. The van der Waals surface area contributed by atoms with Crippen LogP contribution in [0.3, 0.4) is 0 Å². The van der Waals surface area contributed by atoms with Gasteiger partial charge < -0.3 is 10.5 Å². The first-order valence-electron chi connectivity index (χ1n) is 8.84. The minimum atomic E-state index is -0.579. The molecule has 6 heteroatoms. The van der Waals surface area contributed by atoms with Crippen LogP contribution in [-0.2, 0) is 9.53 Å². The summed E-state index contributed by atoms with van der Waals surface area (Å²) in [6.45, 7) is 4.06. The number of ether oxygens (including phenoxy) is 1. The highest BCUT2D eigenvalue weighted by Gasteiger charge is 2.44.